The Morgan fingerprint density at radius 1 is 1.33 bits per heavy atom. The average molecular weight is 127 g/mol. The first kappa shape index (κ1) is 6.75. The second-order valence-electron chi connectivity index (χ2n) is 2.75. The van der Waals surface area contributed by atoms with Gasteiger partial charge in [0.25, 0.3) is 0 Å². The van der Waals surface area contributed by atoms with E-state index >= 15 is 0 Å². The number of carbonyl (C=O) groups is 1. The van der Waals surface area contributed by atoms with Gasteiger partial charge in [0.2, 0.25) is 0 Å². The lowest BCUT2D eigenvalue weighted by Crippen LogP contribution is -2.33. The number of rotatable bonds is 1. The third-order valence-corrected chi connectivity index (χ3v) is 2.05. The Morgan fingerprint density at radius 3 is 2.44 bits per heavy atom. The van der Waals surface area contributed by atoms with Crippen LogP contribution in [0.4, 0.5) is 0 Å². The van der Waals surface area contributed by atoms with Crippen molar-refractivity contribution in [2.75, 3.05) is 0 Å². The summed E-state index contributed by atoms with van der Waals surface area (Å²) in [5.74, 6) is 0.152. The minimum absolute atomic E-state index is 0.149. The SMILES string of the molecule is N[C@H]1CCCC[C@H]1C=O. The maximum atomic E-state index is 10.3. The van der Waals surface area contributed by atoms with Crippen molar-refractivity contribution < 1.29 is 4.79 Å². The van der Waals surface area contributed by atoms with Crippen LogP contribution in [0.1, 0.15) is 25.7 Å². The van der Waals surface area contributed by atoms with Crippen LogP contribution in [0, 0.1) is 5.92 Å². The monoisotopic (exact) mass is 127 g/mol. The van der Waals surface area contributed by atoms with Crippen molar-refractivity contribution in [1.82, 2.24) is 0 Å². The summed E-state index contributed by atoms with van der Waals surface area (Å²) in [6.07, 6.45) is 5.42. The van der Waals surface area contributed by atoms with E-state index in [-0.39, 0.29) is 12.0 Å². The molecule has 1 aliphatic rings. The van der Waals surface area contributed by atoms with Gasteiger partial charge in [0.1, 0.15) is 6.29 Å². The van der Waals surface area contributed by atoms with E-state index in [9.17, 15) is 4.79 Å². The summed E-state index contributed by atoms with van der Waals surface area (Å²) in [6.45, 7) is 0. The van der Waals surface area contributed by atoms with E-state index in [0.29, 0.717) is 0 Å². The molecule has 0 aromatic carbocycles. The molecular formula is C7H13NO. The lowest BCUT2D eigenvalue weighted by atomic mass is 9.86. The molecule has 1 rings (SSSR count). The summed E-state index contributed by atoms with van der Waals surface area (Å²) in [5.41, 5.74) is 5.66. The topological polar surface area (TPSA) is 43.1 Å². The largest absolute Gasteiger partial charge is 0.327 e. The van der Waals surface area contributed by atoms with E-state index in [1.165, 1.54) is 12.8 Å². The van der Waals surface area contributed by atoms with Crippen LogP contribution in [0.5, 0.6) is 0 Å². The molecular weight excluding hydrogens is 114 g/mol. The quantitative estimate of drug-likeness (QED) is 0.527. The first-order valence-corrected chi connectivity index (χ1v) is 3.55. The van der Waals surface area contributed by atoms with Crippen LogP contribution in [0.2, 0.25) is 0 Å². The van der Waals surface area contributed by atoms with Gasteiger partial charge in [-0.05, 0) is 12.8 Å². The van der Waals surface area contributed by atoms with Gasteiger partial charge in [0, 0.05) is 12.0 Å². The van der Waals surface area contributed by atoms with E-state index in [1.54, 1.807) is 0 Å². The van der Waals surface area contributed by atoms with E-state index in [2.05, 4.69) is 0 Å². The van der Waals surface area contributed by atoms with Gasteiger partial charge in [0.15, 0.2) is 0 Å². The van der Waals surface area contributed by atoms with Crippen LogP contribution in [0.25, 0.3) is 0 Å². The van der Waals surface area contributed by atoms with Crippen LogP contribution < -0.4 is 5.73 Å². The van der Waals surface area contributed by atoms with Crippen LogP contribution in [-0.2, 0) is 4.79 Å². The fourth-order valence-electron chi connectivity index (χ4n) is 1.36. The molecule has 2 heteroatoms. The zero-order valence-corrected chi connectivity index (χ0v) is 5.55. The number of hydrogen-bond acceptors (Lipinski definition) is 2. The molecule has 2 N–H and O–H groups in total. The molecule has 0 heterocycles. The molecule has 0 amide bonds. The Bertz CT molecular complexity index is 103. The number of carbonyl (C=O) groups excluding carboxylic acids is 1. The molecule has 0 saturated heterocycles. The summed E-state index contributed by atoms with van der Waals surface area (Å²) < 4.78 is 0. The summed E-state index contributed by atoms with van der Waals surface area (Å²) in [7, 11) is 0. The molecule has 1 saturated carbocycles. The Morgan fingerprint density at radius 2 is 2.00 bits per heavy atom. The second kappa shape index (κ2) is 2.97. The summed E-state index contributed by atoms with van der Waals surface area (Å²) in [4.78, 5) is 10.3. The lowest BCUT2D eigenvalue weighted by molar-refractivity contribution is -0.112. The van der Waals surface area contributed by atoms with E-state index in [0.717, 1.165) is 19.1 Å². The number of nitrogens with two attached hydrogens (primary N) is 1. The van der Waals surface area contributed by atoms with Crippen molar-refractivity contribution in [3.8, 4) is 0 Å². The average Bonchev–Trinajstić information content (AvgIpc) is 1.89. The Kier molecular flexibility index (Phi) is 2.22. The highest BCUT2D eigenvalue weighted by Crippen LogP contribution is 2.20. The molecule has 0 aliphatic heterocycles. The van der Waals surface area contributed by atoms with Gasteiger partial charge < -0.3 is 10.5 Å². The first-order valence-electron chi connectivity index (χ1n) is 3.55. The predicted molar refractivity (Wildman–Crippen MR) is 36.0 cm³/mol. The molecule has 0 unspecified atom stereocenters. The molecule has 0 aromatic rings. The van der Waals surface area contributed by atoms with Crippen molar-refractivity contribution in [1.29, 1.82) is 0 Å². The standard InChI is InChI=1S/C7H13NO/c8-7-4-2-1-3-6(7)5-9/h5-7H,1-4,8H2/t6-,7-/m0/s1. The first-order chi connectivity index (χ1) is 4.34. The van der Waals surface area contributed by atoms with Gasteiger partial charge in [-0.15, -0.1) is 0 Å². The van der Waals surface area contributed by atoms with E-state index < -0.39 is 0 Å². The smallest absolute Gasteiger partial charge is 0.124 e. The molecule has 0 spiro atoms. The zero-order valence-electron chi connectivity index (χ0n) is 5.55. The summed E-state index contributed by atoms with van der Waals surface area (Å²) in [5, 5.41) is 0. The molecule has 2 atom stereocenters. The Labute approximate surface area is 55.4 Å². The van der Waals surface area contributed by atoms with Crippen LogP contribution >= 0.6 is 0 Å². The number of hydrogen-bond donors (Lipinski definition) is 1. The molecule has 0 bridgehead atoms. The minimum Gasteiger partial charge on any atom is -0.327 e. The fraction of sp³-hybridized carbons (Fsp3) is 0.857. The predicted octanol–water partition coefficient (Wildman–Crippen LogP) is 0.703. The van der Waals surface area contributed by atoms with Crippen molar-refractivity contribution in [3.63, 3.8) is 0 Å². The van der Waals surface area contributed by atoms with Gasteiger partial charge in [-0.25, -0.2) is 0 Å². The van der Waals surface area contributed by atoms with Crippen LogP contribution in [0.15, 0.2) is 0 Å². The molecule has 9 heavy (non-hydrogen) atoms. The van der Waals surface area contributed by atoms with E-state index in [1.807, 2.05) is 0 Å². The zero-order chi connectivity index (χ0) is 6.69. The van der Waals surface area contributed by atoms with Gasteiger partial charge in [0.05, 0.1) is 0 Å². The molecule has 2 nitrogen and oxygen atoms in total. The molecule has 0 radical (unpaired) electrons. The van der Waals surface area contributed by atoms with Gasteiger partial charge in [-0.3, -0.25) is 0 Å². The van der Waals surface area contributed by atoms with Gasteiger partial charge >= 0.3 is 0 Å². The Balaban J connectivity index is 2.38. The van der Waals surface area contributed by atoms with Crippen LogP contribution in [0.3, 0.4) is 0 Å². The lowest BCUT2D eigenvalue weighted by Gasteiger charge is -2.23. The molecule has 1 fully saturated rings. The minimum atomic E-state index is 0.149. The number of aldehydes is 1. The van der Waals surface area contributed by atoms with Gasteiger partial charge in [-0.1, -0.05) is 12.8 Å². The normalized spacial score (nSPS) is 36.1. The van der Waals surface area contributed by atoms with Crippen molar-refractivity contribution in [2.45, 2.75) is 31.7 Å². The maximum absolute atomic E-state index is 10.3. The third-order valence-electron chi connectivity index (χ3n) is 2.05. The van der Waals surface area contributed by atoms with Crippen LogP contribution in [-0.4, -0.2) is 12.3 Å². The third kappa shape index (κ3) is 1.52. The molecule has 1 aliphatic carbocycles. The Hall–Kier alpha value is -0.370. The molecule has 52 valence electrons. The van der Waals surface area contributed by atoms with Crippen molar-refractivity contribution in [2.24, 2.45) is 11.7 Å². The second-order valence-corrected chi connectivity index (χ2v) is 2.75. The van der Waals surface area contributed by atoms with Crippen molar-refractivity contribution in [3.05, 3.63) is 0 Å². The van der Waals surface area contributed by atoms with Gasteiger partial charge in [-0.2, -0.15) is 0 Å². The highest BCUT2D eigenvalue weighted by atomic mass is 16.1. The van der Waals surface area contributed by atoms with Crippen molar-refractivity contribution >= 4 is 6.29 Å². The fourth-order valence-corrected chi connectivity index (χ4v) is 1.36. The van der Waals surface area contributed by atoms with E-state index in [4.69, 9.17) is 5.73 Å². The maximum Gasteiger partial charge on any atom is 0.124 e. The summed E-state index contributed by atoms with van der Waals surface area (Å²) >= 11 is 0. The molecule has 0 aromatic heterocycles. The highest BCUT2D eigenvalue weighted by Gasteiger charge is 2.20. The summed E-state index contributed by atoms with van der Waals surface area (Å²) in [6, 6.07) is 0.149. The highest BCUT2D eigenvalue weighted by molar-refractivity contribution is 5.54.